The number of likely N-dealkylation sites (tertiary alicyclic amines) is 1. The molecule has 0 bridgehead atoms. The summed E-state index contributed by atoms with van der Waals surface area (Å²) in [4.78, 5) is 15.1. The summed E-state index contributed by atoms with van der Waals surface area (Å²) in [5.74, 6) is 0.683. The molecule has 0 N–H and O–H groups in total. The highest BCUT2D eigenvalue weighted by molar-refractivity contribution is 7.89. The third kappa shape index (κ3) is 3.62. The second-order valence-corrected chi connectivity index (χ2v) is 9.31. The summed E-state index contributed by atoms with van der Waals surface area (Å²) in [6.45, 7) is 8.31. The van der Waals surface area contributed by atoms with Crippen molar-refractivity contribution in [2.75, 3.05) is 26.2 Å². The minimum Gasteiger partial charge on any atom is -0.340 e. The van der Waals surface area contributed by atoms with Crippen LogP contribution >= 0.6 is 0 Å². The van der Waals surface area contributed by atoms with Crippen LogP contribution in [-0.2, 0) is 17.1 Å². The van der Waals surface area contributed by atoms with Crippen molar-refractivity contribution in [1.82, 2.24) is 13.8 Å². The largest absolute Gasteiger partial charge is 0.340 e. The van der Waals surface area contributed by atoms with Crippen molar-refractivity contribution < 1.29 is 13.2 Å². The normalized spacial score (nSPS) is 16.4. The van der Waals surface area contributed by atoms with Crippen LogP contribution in [0.1, 0.15) is 44.1 Å². The molecule has 0 atom stereocenters. The molecule has 0 saturated carbocycles. The molecular weight excluding hydrogens is 362 g/mol. The van der Waals surface area contributed by atoms with E-state index < -0.39 is 10.0 Å². The lowest BCUT2D eigenvalue weighted by Gasteiger charge is -2.30. The third-order valence-corrected chi connectivity index (χ3v) is 7.69. The van der Waals surface area contributed by atoms with Gasteiger partial charge < -0.3 is 9.47 Å². The molecule has 1 aromatic carbocycles. The first kappa shape index (κ1) is 19.9. The van der Waals surface area contributed by atoms with Crippen molar-refractivity contribution in [2.24, 2.45) is 13.0 Å². The molecule has 2 aromatic rings. The van der Waals surface area contributed by atoms with Gasteiger partial charge in [0.05, 0.1) is 4.90 Å². The molecule has 148 valence electrons. The van der Waals surface area contributed by atoms with E-state index in [1.54, 1.807) is 18.2 Å². The molecule has 1 aromatic heterocycles. The lowest BCUT2D eigenvalue weighted by atomic mass is 9.99. The van der Waals surface area contributed by atoms with Crippen LogP contribution in [0, 0.1) is 5.92 Å². The van der Waals surface area contributed by atoms with E-state index >= 15 is 0 Å². The number of fused-ring (bicyclic) bond motifs is 1. The Morgan fingerprint density at radius 3 is 2.37 bits per heavy atom. The van der Waals surface area contributed by atoms with E-state index in [0.717, 1.165) is 36.8 Å². The Bertz CT molecular complexity index is 937. The maximum atomic E-state index is 13.0. The van der Waals surface area contributed by atoms with E-state index in [0.29, 0.717) is 24.7 Å². The second kappa shape index (κ2) is 7.64. The van der Waals surface area contributed by atoms with Crippen LogP contribution in [0.2, 0.25) is 0 Å². The zero-order chi connectivity index (χ0) is 19.8. The summed E-state index contributed by atoms with van der Waals surface area (Å²) < 4.78 is 28.9. The molecule has 0 aliphatic carbocycles. The maximum absolute atomic E-state index is 13.0. The molecule has 0 radical (unpaired) electrons. The zero-order valence-corrected chi connectivity index (χ0v) is 17.4. The molecule has 1 saturated heterocycles. The van der Waals surface area contributed by atoms with Gasteiger partial charge >= 0.3 is 0 Å². The molecular formula is C20H29N3O3S. The summed E-state index contributed by atoms with van der Waals surface area (Å²) in [7, 11) is -1.65. The van der Waals surface area contributed by atoms with Crippen LogP contribution in [0.5, 0.6) is 0 Å². The first-order valence-electron chi connectivity index (χ1n) is 9.68. The van der Waals surface area contributed by atoms with Crippen LogP contribution in [-0.4, -0.2) is 54.3 Å². The number of hydrogen-bond acceptors (Lipinski definition) is 3. The van der Waals surface area contributed by atoms with Gasteiger partial charge in [-0.2, -0.15) is 4.31 Å². The summed E-state index contributed by atoms with van der Waals surface area (Å²) in [5.41, 5.74) is 1.47. The monoisotopic (exact) mass is 391 g/mol. The predicted molar refractivity (Wildman–Crippen MR) is 107 cm³/mol. The minimum absolute atomic E-state index is 0.0220. The molecule has 0 unspecified atom stereocenters. The van der Waals surface area contributed by atoms with Gasteiger partial charge in [-0.25, -0.2) is 8.42 Å². The van der Waals surface area contributed by atoms with Crippen molar-refractivity contribution in [3.05, 3.63) is 30.0 Å². The van der Waals surface area contributed by atoms with Crippen molar-refractivity contribution in [1.29, 1.82) is 0 Å². The van der Waals surface area contributed by atoms with Gasteiger partial charge in [-0.05, 0) is 43.0 Å². The van der Waals surface area contributed by atoms with Crippen LogP contribution in [0.3, 0.4) is 0 Å². The fourth-order valence-corrected chi connectivity index (χ4v) is 5.27. The standard InChI is InChI=1S/C20H29N3O3S/c1-5-23(6-2)27(25,26)17-7-8-18-16(13-17)14-19(21(18)4)20(24)22-11-9-15(3)10-12-22/h7-8,13-15H,5-6,9-12H2,1-4H3. The van der Waals surface area contributed by atoms with Crippen molar-refractivity contribution in [3.8, 4) is 0 Å². The molecule has 3 rings (SSSR count). The van der Waals surface area contributed by atoms with E-state index in [9.17, 15) is 13.2 Å². The molecule has 27 heavy (non-hydrogen) atoms. The number of benzene rings is 1. The van der Waals surface area contributed by atoms with Crippen LogP contribution < -0.4 is 0 Å². The summed E-state index contributed by atoms with van der Waals surface area (Å²) in [6, 6.07) is 6.92. The Hall–Kier alpha value is -1.86. The number of hydrogen-bond donors (Lipinski definition) is 0. The molecule has 1 amide bonds. The Morgan fingerprint density at radius 2 is 1.78 bits per heavy atom. The van der Waals surface area contributed by atoms with E-state index in [-0.39, 0.29) is 10.8 Å². The van der Waals surface area contributed by atoms with Gasteiger partial charge in [-0.15, -0.1) is 0 Å². The highest BCUT2D eigenvalue weighted by Gasteiger charge is 2.26. The first-order valence-corrected chi connectivity index (χ1v) is 11.1. The van der Waals surface area contributed by atoms with Gasteiger partial charge in [0, 0.05) is 44.1 Å². The molecule has 1 fully saturated rings. The summed E-state index contributed by atoms with van der Waals surface area (Å²) in [5, 5.41) is 0.777. The molecule has 7 heteroatoms. The SMILES string of the molecule is CCN(CC)S(=O)(=O)c1ccc2c(c1)cc(C(=O)N1CCC(C)CC1)n2C. The quantitative estimate of drug-likeness (QED) is 0.787. The average molecular weight is 392 g/mol. The maximum Gasteiger partial charge on any atom is 0.270 e. The Kier molecular flexibility index (Phi) is 5.63. The number of sulfonamides is 1. The van der Waals surface area contributed by atoms with Gasteiger partial charge in [0.2, 0.25) is 10.0 Å². The number of rotatable bonds is 5. The zero-order valence-electron chi connectivity index (χ0n) is 16.6. The number of nitrogens with zero attached hydrogens (tertiary/aromatic N) is 3. The van der Waals surface area contributed by atoms with Gasteiger partial charge in [0.15, 0.2) is 0 Å². The number of amides is 1. The van der Waals surface area contributed by atoms with Gasteiger partial charge in [0.25, 0.3) is 5.91 Å². The topological polar surface area (TPSA) is 62.6 Å². The van der Waals surface area contributed by atoms with Gasteiger partial charge in [0.1, 0.15) is 5.69 Å². The Morgan fingerprint density at radius 1 is 1.15 bits per heavy atom. The van der Waals surface area contributed by atoms with E-state index in [4.69, 9.17) is 0 Å². The lowest BCUT2D eigenvalue weighted by Crippen LogP contribution is -2.38. The molecule has 2 heterocycles. The molecule has 6 nitrogen and oxygen atoms in total. The van der Waals surface area contributed by atoms with E-state index in [1.165, 1.54) is 4.31 Å². The average Bonchev–Trinajstić information content (AvgIpc) is 2.99. The number of aryl methyl sites for hydroxylation is 1. The van der Waals surface area contributed by atoms with Crippen LogP contribution in [0.15, 0.2) is 29.2 Å². The second-order valence-electron chi connectivity index (χ2n) is 7.37. The van der Waals surface area contributed by atoms with E-state index in [2.05, 4.69) is 6.92 Å². The van der Waals surface area contributed by atoms with E-state index in [1.807, 2.05) is 36.4 Å². The number of carbonyl (C=O) groups excluding carboxylic acids is 1. The van der Waals surface area contributed by atoms with Crippen molar-refractivity contribution in [2.45, 2.75) is 38.5 Å². The molecule has 1 aliphatic heterocycles. The lowest BCUT2D eigenvalue weighted by molar-refractivity contribution is 0.0688. The first-order chi connectivity index (χ1) is 12.8. The third-order valence-electron chi connectivity index (χ3n) is 5.65. The fraction of sp³-hybridized carbons (Fsp3) is 0.550. The highest BCUT2D eigenvalue weighted by atomic mass is 32.2. The predicted octanol–water partition coefficient (Wildman–Crippen LogP) is 3.08. The summed E-state index contributed by atoms with van der Waals surface area (Å²) in [6.07, 6.45) is 2.06. The number of aromatic nitrogens is 1. The fourth-order valence-electron chi connectivity index (χ4n) is 3.78. The van der Waals surface area contributed by atoms with Crippen molar-refractivity contribution in [3.63, 3.8) is 0 Å². The van der Waals surface area contributed by atoms with Gasteiger partial charge in [-0.1, -0.05) is 20.8 Å². The highest BCUT2D eigenvalue weighted by Crippen LogP contribution is 2.26. The Balaban J connectivity index is 1.96. The smallest absolute Gasteiger partial charge is 0.270 e. The number of piperidine rings is 1. The summed E-state index contributed by atoms with van der Waals surface area (Å²) >= 11 is 0. The van der Waals surface area contributed by atoms with Crippen molar-refractivity contribution >= 4 is 26.8 Å². The number of carbonyl (C=O) groups is 1. The van der Waals surface area contributed by atoms with Crippen LogP contribution in [0.4, 0.5) is 0 Å². The minimum atomic E-state index is -3.51. The van der Waals surface area contributed by atoms with Crippen LogP contribution in [0.25, 0.3) is 10.9 Å². The molecule has 0 spiro atoms. The molecule has 1 aliphatic rings. The van der Waals surface area contributed by atoms with Gasteiger partial charge in [-0.3, -0.25) is 4.79 Å². The Labute approximate surface area is 161 Å².